The second-order valence-corrected chi connectivity index (χ2v) is 8.10. The van der Waals surface area contributed by atoms with Crippen LogP contribution in [0.5, 0.6) is 0 Å². The molecule has 0 saturated carbocycles. The average molecular weight is 419 g/mol. The summed E-state index contributed by atoms with van der Waals surface area (Å²) in [5.74, 6) is 1.77. The monoisotopic (exact) mass is 418 g/mol. The van der Waals surface area contributed by atoms with E-state index in [9.17, 15) is 4.79 Å². The van der Waals surface area contributed by atoms with E-state index >= 15 is 0 Å². The molecule has 1 atom stereocenters. The summed E-state index contributed by atoms with van der Waals surface area (Å²) < 4.78 is 8.98. The van der Waals surface area contributed by atoms with Gasteiger partial charge in [-0.2, -0.15) is 9.61 Å². The fraction of sp³-hybridized carbons (Fsp3) is 0.391. The van der Waals surface area contributed by atoms with Crippen LogP contribution < -0.4 is 10.5 Å². The Morgan fingerprint density at radius 1 is 1.13 bits per heavy atom. The predicted molar refractivity (Wildman–Crippen MR) is 120 cm³/mol. The number of hydrogen-bond donors (Lipinski definition) is 0. The van der Waals surface area contributed by atoms with Crippen LogP contribution in [0.25, 0.3) is 16.6 Å². The molecule has 1 aliphatic rings. The first-order valence-corrected chi connectivity index (χ1v) is 10.7. The van der Waals surface area contributed by atoms with Crippen molar-refractivity contribution in [2.75, 3.05) is 25.2 Å². The smallest absolute Gasteiger partial charge is 0.261 e. The van der Waals surface area contributed by atoms with Crippen LogP contribution in [0.4, 0.5) is 5.82 Å². The van der Waals surface area contributed by atoms with Crippen molar-refractivity contribution in [1.82, 2.24) is 24.1 Å². The minimum atomic E-state index is -0.0244. The summed E-state index contributed by atoms with van der Waals surface area (Å²) >= 11 is 0. The molecule has 4 aromatic rings. The Morgan fingerprint density at radius 3 is 2.81 bits per heavy atom. The molecule has 1 fully saturated rings. The van der Waals surface area contributed by atoms with E-state index in [1.54, 1.807) is 11.7 Å². The van der Waals surface area contributed by atoms with Gasteiger partial charge in [0.15, 0.2) is 5.65 Å². The van der Waals surface area contributed by atoms with Gasteiger partial charge in [0.25, 0.3) is 5.56 Å². The molecule has 4 heterocycles. The first-order valence-electron chi connectivity index (χ1n) is 10.7. The molecule has 3 aromatic heterocycles. The highest BCUT2D eigenvalue weighted by molar-refractivity contribution is 5.77. The van der Waals surface area contributed by atoms with E-state index < -0.39 is 0 Å². The number of aryl methyl sites for hydroxylation is 2. The normalized spacial score (nSPS) is 16.6. The van der Waals surface area contributed by atoms with E-state index in [0.717, 1.165) is 53.6 Å². The fourth-order valence-electron chi connectivity index (χ4n) is 4.55. The molecule has 8 heteroatoms. The molecular weight excluding hydrogens is 392 g/mol. The SMILES string of the molecule is COCCn1c(C2CCCN2c2cc(C)nc3cc(C)nn23)nc2ccccc2c1=O. The van der Waals surface area contributed by atoms with Gasteiger partial charge in [0.1, 0.15) is 11.6 Å². The van der Waals surface area contributed by atoms with Crippen LogP contribution >= 0.6 is 0 Å². The summed E-state index contributed by atoms with van der Waals surface area (Å²) in [4.78, 5) is 25.3. The number of anilines is 1. The number of fused-ring (bicyclic) bond motifs is 2. The molecule has 1 unspecified atom stereocenters. The number of ether oxygens (including phenoxy) is 1. The number of nitrogens with zero attached hydrogens (tertiary/aromatic N) is 6. The van der Waals surface area contributed by atoms with Crippen molar-refractivity contribution in [3.05, 3.63) is 64.0 Å². The Labute approximate surface area is 180 Å². The Kier molecular flexibility index (Phi) is 4.94. The van der Waals surface area contributed by atoms with Gasteiger partial charge >= 0.3 is 0 Å². The van der Waals surface area contributed by atoms with Crippen molar-refractivity contribution in [2.24, 2.45) is 0 Å². The number of hydrogen-bond acceptors (Lipinski definition) is 6. The van der Waals surface area contributed by atoms with E-state index in [-0.39, 0.29) is 11.6 Å². The molecule has 0 bridgehead atoms. The zero-order valence-electron chi connectivity index (χ0n) is 18.1. The number of benzene rings is 1. The molecule has 1 aromatic carbocycles. The fourth-order valence-corrected chi connectivity index (χ4v) is 4.55. The van der Waals surface area contributed by atoms with Crippen molar-refractivity contribution in [3.8, 4) is 0 Å². The summed E-state index contributed by atoms with van der Waals surface area (Å²) in [6.45, 7) is 5.77. The van der Waals surface area contributed by atoms with E-state index in [0.29, 0.717) is 18.5 Å². The van der Waals surface area contributed by atoms with Gasteiger partial charge in [0, 0.05) is 31.5 Å². The Morgan fingerprint density at radius 2 is 1.97 bits per heavy atom. The van der Waals surface area contributed by atoms with E-state index in [1.165, 1.54) is 0 Å². The summed E-state index contributed by atoms with van der Waals surface area (Å²) in [5, 5.41) is 5.31. The van der Waals surface area contributed by atoms with Gasteiger partial charge in [-0.05, 0) is 38.8 Å². The lowest BCUT2D eigenvalue weighted by atomic mass is 10.1. The van der Waals surface area contributed by atoms with Crippen molar-refractivity contribution in [2.45, 2.75) is 39.3 Å². The summed E-state index contributed by atoms with van der Waals surface area (Å²) in [5.41, 5.74) is 3.41. The van der Waals surface area contributed by atoms with Gasteiger partial charge in [-0.3, -0.25) is 9.36 Å². The highest BCUT2D eigenvalue weighted by Gasteiger charge is 2.32. The van der Waals surface area contributed by atoms with Gasteiger partial charge in [-0.25, -0.2) is 9.97 Å². The molecule has 1 saturated heterocycles. The van der Waals surface area contributed by atoms with Gasteiger partial charge in [0.2, 0.25) is 0 Å². The molecular formula is C23H26N6O2. The molecule has 0 spiro atoms. The minimum Gasteiger partial charge on any atom is -0.383 e. The average Bonchev–Trinajstić information content (AvgIpc) is 3.38. The van der Waals surface area contributed by atoms with E-state index in [1.807, 2.05) is 48.7 Å². The Bertz CT molecular complexity index is 1330. The van der Waals surface area contributed by atoms with E-state index in [4.69, 9.17) is 9.72 Å². The lowest BCUT2D eigenvalue weighted by molar-refractivity contribution is 0.184. The number of rotatable bonds is 5. The number of para-hydroxylation sites is 1. The molecule has 160 valence electrons. The van der Waals surface area contributed by atoms with Crippen LogP contribution in [0, 0.1) is 13.8 Å². The van der Waals surface area contributed by atoms with Gasteiger partial charge < -0.3 is 9.64 Å². The van der Waals surface area contributed by atoms with Gasteiger partial charge in [-0.1, -0.05) is 12.1 Å². The molecule has 1 aliphatic heterocycles. The van der Waals surface area contributed by atoms with Crippen molar-refractivity contribution < 1.29 is 4.74 Å². The standard InChI is InChI=1S/C23H26N6O2/c1-15-14-21(29-20(24-15)13-16(2)26-29)27-10-6-9-19(27)22-25-18-8-5-4-7-17(18)23(30)28(22)11-12-31-3/h4-5,7-8,13-14,19H,6,9-12H2,1-3H3. The molecule has 0 radical (unpaired) electrons. The van der Waals surface area contributed by atoms with Crippen LogP contribution in [0.2, 0.25) is 0 Å². The lowest BCUT2D eigenvalue weighted by Crippen LogP contribution is -2.34. The van der Waals surface area contributed by atoms with Gasteiger partial charge in [-0.15, -0.1) is 0 Å². The topological polar surface area (TPSA) is 77.6 Å². The third kappa shape index (κ3) is 3.37. The lowest BCUT2D eigenvalue weighted by Gasteiger charge is -2.28. The second-order valence-electron chi connectivity index (χ2n) is 8.10. The quantitative estimate of drug-likeness (QED) is 0.496. The highest BCUT2D eigenvalue weighted by Crippen LogP contribution is 2.36. The number of methoxy groups -OCH3 is 1. The van der Waals surface area contributed by atoms with Crippen LogP contribution in [-0.2, 0) is 11.3 Å². The van der Waals surface area contributed by atoms with Crippen molar-refractivity contribution in [1.29, 1.82) is 0 Å². The van der Waals surface area contributed by atoms with Crippen molar-refractivity contribution in [3.63, 3.8) is 0 Å². The zero-order valence-corrected chi connectivity index (χ0v) is 18.1. The largest absolute Gasteiger partial charge is 0.383 e. The summed E-state index contributed by atoms with van der Waals surface area (Å²) in [6, 6.07) is 11.6. The zero-order chi connectivity index (χ0) is 21.5. The maximum Gasteiger partial charge on any atom is 0.261 e. The van der Waals surface area contributed by atoms with Crippen LogP contribution in [0.1, 0.15) is 36.1 Å². The molecule has 0 aliphatic carbocycles. The van der Waals surface area contributed by atoms with Crippen LogP contribution in [0.3, 0.4) is 0 Å². The van der Waals surface area contributed by atoms with Crippen LogP contribution in [0.15, 0.2) is 41.2 Å². The predicted octanol–water partition coefficient (Wildman–Crippen LogP) is 3.04. The first-order chi connectivity index (χ1) is 15.1. The molecule has 31 heavy (non-hydrogen) atoms. The molecule has 0 N–H and O–H groups in total. The highest BCUT2D eigenvalue weighted by atomic mass is 16.5. The van der Waals surface area contributed by atoms with Crippen LogP contribution in [-0.4, -0.2) is 44.4 Å². The van der Waals surface area contributed by atoms with Gasteiger partial charge in [0.05, 0.1) is 35.8 Å². The summed E-state index contributed by atoms with van der Waals surface area (Å²) in [6.07, 6.45) is 1.93. The molecule has 5 rings (SSSR count). The second kappa shape index (κ2) is 7.77. The Hall–Kier alpha value is -3.26. The summed E-state index contributed by atoms with van der Waals surface area (Å²) in [7, 11) is 1.65. The minimum absolute atomic E-state index is 0.0181. The Balaban J connectivity index is 1.69. The number of aromatic nitrogens is 5. The molecule has 8 nitrogen and oxygen atoms in total. The van der Waals surface area contributed by atoms with E-state index in [2.05, 4.69) is 21.0 Å². The third-order valence-corrected chi connectivity index (χ3v) is 5.91. The third-order valence-electron chi connectivity index (χ3n) is 5.91. The maximum absolute atomic E-state index is 13.3. The van der Waals surface area contributed by atoms with Crippen molar-refractivity contribution >= 4 is 22.4 Å². The first kappa shape index (κ1) is 19.7. The molecule has 0 amide bonds. The maximum atomic E-state index is 13.3.